The smallest absolute Gasteiger partial charge is 0.321 e. The zero-order valence-electron chi connectivity index (χ0n) is 20.8. The van der Waals surface area contributed by atoms with Crippen molar-refractivity contribution >= 4 is 11.8 Å². The van der Waals surface area contributed by atoms with Gasteiger partial charge in [-0.15, -0.1) is 0 Å². The van der Waals surface area contributed by atoms with E-state index in [1.54, 1.807) is 7.11 Å². The fraction of sp³-hybridized carbons (Fsp3) is 0.704. The molecule has 0 N–H and O–H groups in total. The maximum absolute atomic E-state index is 13.8. The first kappa shape index (κ1) is 23.3. The number of hydrogen-bond donors (Lipinski definition) is 0. The molecule has 0 radical (unpaired) electrons. The van der Waals surface area contributed by atoms with E-state index < -0.39 is 5.41 Å². The second-order valence-electron chi connectivity index (χ2n) is 11.1. The van der Waals surface area contributed by atoms with Crippen LogP contribution in [0.15, 0.2) is 18.2 Å². The Hall–Kier alpha value is -1.88. The summed E-state index contributed by atoms with van der Waals surface area (Å²) in [7, 11) is 3.82. The Labute approximate surface area is 192 Å². The summed E-state index contributed by atoms with van der Waals surface area (Å²) in [5, 5.41) is 0. The monoisotopic (exact) mass is 441 g/mol. The second-order valence-corrected chi connectivity index (χ2v) is 11.1. The van der Waals surface area contributed by atoms with Crippen molar-refractivity contribution in [3.8, 4) is 5.75 Å². The maximum atomic E-state index is 13.8. The molecule has 32 heavy (non-hydrogen) atoms. The number of methoxy groups -OCH3 is 1. The van der Waals surface area contributed by atoms with Crippen LogP contribution in [0.4, 0.5) is 0 Å². The molecule has 2 heterocycles. The molecular formula is C27H39NO4. The van der Waals surface area contributed by atoms with E-state index in [-0.39, 0.29) is 34.7 Å². The molecule has 2 aliphatic heterocycles. The van der Waals surface area contributed by atoms with Crippen LogP contribution in [0.5, 0.6) is 5.75 Å². The van der Waals surface area contributed by atoms with Gasteiger partial charge in [-0.1, -0.05) is 33.8 Å². The Kier molecular flexibility index (Phi) is 5.72. The quantitative estimate of drug-likeness (QED) is 0.459. The van der Waals surface area contributed by atoms with Gasteiger partial charge in [0.1, 0.15) is 11.2 Å². The topological polar surface area (TPSA) is 55.8 Å². The minimum atomic E-state index is -1.08. The van der Waals surface area contributed by atoms with Crippen LogP contribution < -0.4 is 4.74 Å². The molecule has 5 rings (SSSR count). The lowest BCUT2D eigenvalue weighted by atomic mass is 9.39. The van der Waals surface area contributed by atoms with Gasteiger partial charge in [0, 0.05) is 23.9 Å². The summed E-state index contributed by atoms with van der Waals surface area (Å²) in [6.07, 6.45) is 3.49. The maximum Gasteiger partial charge on any atom is 0.321 e. The lowest BCUT2D eigenvalue weighted by Gasteiger charge is -2.71. The number of fused-ring (bicyclic) bond motifs is 2. The van der Waals surface area contributed by atoms with E-state index in [0.29, 0.717) is 25.4 Å². The summed E-state index contributed by atoms with van der Waals surface area (Å²) in [5.74, 6) is 1.04. The zero-order valence-corrected chi connectivity index (χ0v) is 20.8. The van der Waals surface area contributed by atoms with E-state index in [0.717, 1.165) is 25.0 Å². The highest BCUT2D eigenvalue weighted by molar-refractivity contribution is 6.05. The number of ketones is 1. The number of piperidine rings is 2. The number of carbonyl (C=O) groups excluding carboxylic acids is 2. The Morgan fingerprint density at radius 1 is 1.22 bits per heavy atom. The summed E-state index contributed by atoms with van der Waals surface area (Å²) < 4.78 is 11.2. The highest BCUT2D eigenvalue weighted by atomic mass is 16.5. The minimum absolute atomic E-state index is 0.0691. The molecule has 1 saturated carbocycles. The molecule has 3 fully saturated rings. The molecule has 5 heteroatoms. The van der Waals surface area contributed by atoms with Crippen LogP contribution in [0.2, 0.25) is 0 Å². The van der Waals surface area contributed by atoms with E-state index in [4.69, 9.17) is 9.47 Å². The van der Waals surface area contributed by atoms with Crippen LogP contribution in [-0.2, 0) is 26.2 Å². The van der Waals surface area contributed by atoms with Crippen molar-refractivity contribution in [2.24, 2.45) is 16.7 Å². The lowest BCUT2D eigenvalue weighted by molar-refractivity contribution is -0.208. The minimum Gasteiger partial charge on any atom is -0.497 e. The first-order chi connectivity index (χ1) is 15.0. The number of ether oxygens (including phenoxy) is 2. The third kappa shape index (κ3) is 2.99. The third-order valence-corrected chi connectivity index (χ3v) is 9.21. The number of likely N-dealkylation sites (N-methyl/N-ethyl adjacent to an activating group) is 1. The largest absolute Gasteiger partial charge is 0.497 e. The molecule has 176 valence electrons. The average Bonchev–Trinajstić information content (AvgIpc) is 2.75. The van der Waals surface area contributed by atoms with Crippen molar-refractivity contribution in [1.82, 2.24) is 4.90 Å². The Bertz CT molecular complexity index is 926. The summed E-state index contributed by atoms with van der Waals surface area (Å²) in [6, 6.07) is 6.55. The molecule has 0 amide bonds. The molecule has 2 aliphatic carbocycles. The van der Waals surface area contributed by atoms with E-state index in [1.807, 2.05) is 13.0 Å². The van der Waals surface area contributed by atoms with Crippen molar-refractivity contribution in [1.29, 1.82) is 0 Å². The summed E-state index contributed by atoms with van der Waals surface area (Å²) in [4.78, 5) is 29.8. The average molecular weight is 442 g/mol. The predicted octanol–water partition coefficient (Wildman–Crippen LogP) is 4.55. The van der Waals surface area contributed by atoms with Crippen LogP contribution in [0, 0.1) is 16.7 Å². The number of Topliss-reactive ketones (excluding diaryl/α,β-unsaturated/α-hetero) is 1. The molecule has 1 aromatic rings. The molecule has 5 atom stereocenters. The van der Waals surface area contributed by atoms with E-state index >= 15 is 0 Å². The first-order valence-corrected chi connectivity index (χ1v) is 12.1. The number of nitrogens with zero attached hydrogens (tertiary/aromatic N) is 1. The summed E-state index contributed by atoms with van der Waals surface area (Å²) >= 11 is 0. The molecule has 5 nitrogen and oxygen atoms in total. The molecule has 5 unspecified atom stereocenters. The van der Waals surface area contributed by atoms with Crippen LogP contribution in [0.3, 0.4) is 0 Å². The molecule has 1 aromatic carbocycles. The fourth-order valence-electron chi connectivity index (χ4n) is 7.21. The van der Waals surface area contributed by atoms with Gasteiger partial charge in [0.15, 0.2) is 5.78 Å². The molecule has 0 aromatic heterocycles. The van der Waals surface area contributed by atoms with Crippen molar-refractivity contribution in [3.05, 3.63) is 29.3 Å². The first-order valence-electron chi connectivity index (χ1n) is 12.1. The summed E-state index contributed by atoms with van der Waals surface area (Å²) in [6.45, 7) is 11.0. The van der Waals surface area contributed by atoms with Crippen molar-refractivity contribution in [2.45, 2.75) is 84.2 Å². The Morgan fingerprint density at radius 2 is 1.94 bits per heavy atom. The highest BCUT2D eigenvalue weighted by Crippen LogP contribution is 2.68. The van der Waals surface area contributed by atoms with Crippen LogP contribution >= 0.6 is 0 Å². The number of carbonyl (C=O) groups is 2. The molecule has 4 bridgehead atoms. The SMILES string of the molecule is CCOC(=O)C1(C(=O)CCC(C)C)CC2(C)C3Cc4ccc(OC)cc4C2(C)CC1N3C. The van der Waals surface area contributed by atoms with E-state index in [9.17, 15) is 9.59 Å². The van der Waals surface area contributed by atoms with Gasteiger partial charge in [0.2, 0.25) is 0 Å². The molecular weight excluding hydrogens is 402 g/mol. The Morgan fingerprint density at radius 3 is 2.56 bits per heavy atom. The van der Waals surface area contributed by atoms with Gasteiger partial charge >= 0.3 is 5.97 Å². The number of hydrogen-bond acceptors (Lipinski definition) is 5. The van der Waals surface area contributed by atoms with Crippen molar-refractivity contribution in [2.75, 3.05) is 20.8 Å². The van der Waals surface area contributed by atoms with Gasteiger partial charge in [0.05, 0.1) is 13.7 Å². The van der Waals surface area contributed by atoms with Crippen LogP contribution in [0.1, 0.15) is 71.4 Å². The molecule has 0 spiro atoms. The van der Waals surface area contributed by atoms with Crippen molar-refractivity contribution < 1.29 is 19.1 Å². The van der Waals surface area contributed by atoms with E-state index in [2.05, 4.69) is 51.8 Å². The zero-order chi connectivity index (χ0) is 23.5. The predicted molar refractivity (Wildman–Crippen MR) is 125 cm³/mol. The number of benzene rings is 1. The van der Waals surface area contributed by atoms with Crippen LogP contribution in [-0.4, -0.2) is 49.5 Å². The molecule has 4 aliphatic rings. The number of esters is 1. The second kappa shape index (κ2) is 7.86. The van der Waals surface area contributed by atoms with Gasteiger partial charge in [-0.05, 0) is 74.2 Å². The normalized spacial score (nSPS) is 35.5. The third-order valence-electron chi connectivity index (χ3n) is 9.21. The fourth-order valence-corrected chi connectivity index (χ4v) is 7.21. The van der Waals surface area contributed by atoms with Gasteiger partial charge in [-0.25, -0.2) is 0 Å². The van der Waals surface area contributed by atoms with E-state index in [1.165, 1.54) is 11.1 Å². The standard InChI is InChI=1S/C27H39NO4/c1-8-32-24(30)27(23(29)12-9-17(2)3)16-26(5)21-13-18-10-11-19(31-7)14-20(18)25(26,4)15-22(27)28(21)6/h10-11,14,17,21-22H,8-9,12-13,15-16H2,1-7H3. The van der Waals surface area contributed by atoms with Crippen LogP contribution in [0.25, 0.3) is 0 Å². The van der Waals surface area contributed by atoms with Gasteiger partial charge in [-0.2, -0.15) is 0 Å². The molecule has 2 saturated heterocycles. The highest BCUT2D eigenvalue weighted by Gasteiger charge is 2.73. The van der Waals surface area contributed by atoms with Gasteiger partial charge in [0.25, 0.3) is 0 Å². The lowest BCUT2D eigenvalue weighted by Crippen LogP contribution is -2.78. The summed E-state index contributed by atoms with van der Waals surface area (Å²) in [5.41, 5.74) is 1.24. The van der Waals surface area contributed by atoms with Gasteiger partial charge in [-0.3, -0.25) is 14.5 Å². The van der Waals surface area contributed by atoms with Gasteiger partial charge < -0.3 is 9.47 Å². The number of rotatable bonds is 7. The Balaban J connectivity index is 1.84. The van der Waals surface area contributed by atoms with Crippen molar-refractivity contribution in [3.63, 3.8) is 0 Å².